The van der Waals surface area contributed by atoms with Crippen LogP contribution in [0.2, 0.25) is 0 Å². The van der Waals surface area contributed by atoms with Crippen molar-refractivity contribution < 1.29 is 9.50 Å². The molecule has 0 aliphatic heterocycles. The number of hydrogen-bond donors (Lipinski definition) is 1. The molecule has 0 bridgehead atoms. The van der Waals surface area contributed by atoms with Crippen LogP contribution in [0.5, 0.6) is 0 Å². The maximum atomic E-state index is 13.5. The average molecular weight is 236 g/mol. The van der Waals surface area contributed by atoms with Gasteiger partial charge in [0.15, 0.2) is 0 Å². The molecule has 94 valence electrons. The normalized spacial score (nSPS) is 29.2. The molecule has 17 heavy (non-hydrogen) atoms. The Labute approximate surface area is 103 Å². The van der Waals surface area contributed by atoms with E-state index in [1.807, 2.05) is 6.07 Å². The molecule has 1 aliphatic rings. The fraction of sp³-hybridized carbons (Fsp3) is 0.600. The molecule has 0 radical (unpaired) electrons. The Kier molecular flexibility index (Phi) is 3.82. The summed E-state index contributed by atoms with van der Waals surface area (Å²) < 4.78 is 13.5. The van der Waals surface area contributed by atoms with Crippen LogP contribution < -0.4 is 0 Å². The van der Waals surface area contributed by atoms with Crippen LogP contribution in [0.1, 0.15) is 44.6 Å². The first-order valence-corrected chi connectivity index (χ1v) is 6.59. The third-order valence-corrected chi connectivity index (χ3v) is 4.09. The molecule has 0 unspecified atom stereocenters. The number of aliphatic hydroxyl groups is 1. The van der Waals surface area contributed by atoms with E-state index in [-0.39, 0.29) is 5.82 Å². The number of halogens is 1. The Morgan fingerprint density at radius 2 is 1.94 bits per heavy atom. The molecular formula is C15H21FO. The Morgan fingerprint density at radius 1 is 1.29 bits per heavy atom. The smallest absolute Gasteiger partial charge is 0.126 e. The number of hydrogen-bond acceptors (Lipinski definition) is 1. The Morgan fingerprint density at radius 3 is 2.53 bits per heavy atom. The molecule has 1 saturated carbocycles. The monoisotopic (exact) mass is 236 g/mol. The van der Waals surface area contributed by atoms with Crippen LogP contribution in [0, 0.1) is 11.7 Å². The second-order valence-corrected chi connectivity index (χ2v) is 5.34. The SMILES string of the molecule is CCC1CCC(O)(Cc2ccccc2F)CC1. The van der Waals surface area contributed by atoms with Crippen LogP contribution in [0.25, 0.3) is 0 Å². The quantitative estimate of drug-likeness (QED) is 0.848. The van der Waals surface area contributed by atoms with E-state index in [4.69, 9.17) is 0 Å². The minimum absolute atomic E-state index is 0.196. The summed E-state index contributed by atoms with van der Waals surface area (Å²) in [6.07, 6.45) is 5.40. The van der Waals surface area contributed by atoms with Crippen LogP contribution in [-0.4, -0.2) is 10.7 Å². The van der Waals surface area contributed by atoms with Crippen LogP contribution in [0.3, 0.4) is 0 Å². The number of benzene rings is 1. The van der Waals surface area contributed by atoms with Gasteiger partial charge in [-0.3, -0.25) is 0 Å². The molecule has 1 nitrogen and oxygen atoms in total. The molecule has 0 spiro atoms. The molecule has 0 amide bonds. The van der Waals surface area contributed by atoms with E-state index in [1.165, 1.54) is 12.5 Å². The summed E-state index contributed by atoms with van der Waals surface area (Å²) in [7, 11) is 0. The van der Waals surface area contributed by atoms with E-state index in [9.17, 15) is 9.50 Å². The van der Waals surface area contributed by atoms with E-state index < -0.39 is 5.60 Å². The van der Waals surface area contributed by atoms with Crippen molar-refractivity contribution in [3.8, 4) is 0 Å². The van der Waals surface area contributed by atoms with Crippen molar-refractivity contribution >= 4 is 0 Å². The molecule has 2 rings (SSSR count). The van der Waals surface area contributed by atoms with Gasteiger partial charge in [-0.1, -0.05) is 31.5 Å². The lowest BCUT2D eigenvalue weighted by molar-refractivity contribution is -0.00984. The summed E-state index contributed by atoms with van der Waals surface area (Å²) in [6.45, 7) is 2.20. The summed E-state index contributed by atoms with van der Waals surface area (Å²) in [5.74, 6) is 0.550. The third kappa shape index (κ3) is 3.06. The van der Waals surface area contributed by atoms with Gasteiger partial charge in [-0.2, -0.15) is 0 Å². The van der Waals surface area contributed by atoms with Crippen LogP contribution in [0.4, 0.5) is 4.39 Å². The van der Waals surface area contributed by atoms with Crippen molar-refractivity contribution in [2.45, 2.75) is 51.0 Å². The van der Waals surface area contributed by atoms with Crippen LogP contribution in [0.15, 0.2) is 24.3 Å². The van der Waals surface area contributed by atoms with Gasteiger partial charge in [0.1, 0.15) is 5.82 Å². The van der Waals surface area contributed by atoms with Crippen molar-refractivity contribution in [3.63, 3.8) is 0 Å². The van der Waals surface area contributed by atoms with Gasteiger partial charge in [0, 0.05) is 6.42 Å². The highest BCUT2D eigenvalue weighted by atomic mass is 19.1. The maximum Gasteiger partial charge on any atom is 0.126 e. The van der Waals surface area contributed by atoms with Gasteiger partial charge in [0.2, 0.25) is 0 Å². The molecule has 1 aliphatic carbocycles. The first-order valence-electron chi connectivity index (χ1n) is 6.59. The Balaban J connectivity index is 2.01. The predicted molar refractivity (Wildman–Crippen MR) is 67.3 cm³/mol. The Bertz CT molecular complexity index is 367. The molecule has 0 saturated heterocycles. The highest BCUT2D eigenvalue weighted by molar-refractivity contribution is 5.19. The zero-order valence-electron chi connectivity index (χ0n) is 10.5. The second-order valence-electron chi connectivity index (χ2n) is 5.34. The molecule has 1 aromatic carbocycles. The van der Waals surface area contributed by atoms with Gasteiger partial charge < -0.3 is 5.11 Å². The van der Waals surface area contributed by atoms with Crippen molar-refractivity contribution in [1.29, 1.82) is 0 Å². The topological polar surface area (TPSA) is 20.2 Å². The molecular weight excluding hydrogens is 215 g/mol. The van der Waals surface area contributed by atoms with Crippen molar-refractivity contribution in [2.75, 3.05) is 0 Å². The van der Waals surface area contributed by atoms with Gasteiger partial charge in [0.25, 0.3) is 0 Å². The first-order chi connectivity index (χ1) is 8.13. The van der Waals surface area contributed by atoms with Crippen LogP contribution >= 0.6 is 0 Å². The van der Waals surface area contributed by atoms with E-state index in [0.29, 0.717) is 12.0 Å². The summed E-state index contributed by atoms with van der Waals surface area (Å²) in [5.41, 5.74) is -0.0432. The Hall–Kier alpha value is -0.890. The summed E-state index contributed by atoms with van der Waals surface area (Å²) in [6, 6.07) is 6.77. The lowest BCUT2D eigenvalue weighted by atomic mass is 9.75. The van der Waals surface area contributed by atoms with Gasteiger partial charge in [-0.25, -0.2) is 4.39 Å². The van der Waals surface area contributed by atoms with E-state index >= 15 is 0 Å². The van der Waals surface area contributed by atoms with Crippen molar-refractivity contribution in [1.82, 2.24) is 0 Å². The van der Waals surface area contributed by atoms with Gasteiger partial charge >= 0.3 is 0 Å². The molecule has 0 atom stereocenters. The van der Waals surface area contributed by atoms with Crippen molar-refractivity contribution in [3.05, 3.63) is 35.6 Å². The highest BCUT2D eigenvalue weighted by Gasteiger charge is 2.33. The zero-order valence-corrected chi connectivity index (χ0v) is 10.5. The molecule has 1 N–H and O–H groups in total. The van der Waals surface area contributed by atoms with E-state index in [2.05, 4.69) is 6.92 Å². The lowest BCUT2D eigenvalue weighted by Crippen LogP contribution is -2.36. The predicted octanol–water partition coefficient (Wildman–Crippen LogP) is 3.70. The summed E-state index contributed by atoms with van der Waals surface area (Å²) >= 11 is 0. The van der Waals surface area contributed by atoms with Gasteiger partial charge in [-0.05, 0) is 43.2 Å². The standard InChI is InChI=1S/C15H21FO/c1-2-12-7-9-15(17,10-8-12)11-13-5-3-4-6-14(13)16/h3-6,12,17H,2,7-11H2,1H3. The summed E-state index contributed by atoms with van der Waals surface area (Å²) in [5, 5.41) is 10.5. The van der Waals surface area contributed by atoms with E-state index in [1.54, 1.807) is 12.1 Å². The van der Waals surface area contributed by atoms with E-state index in [0.717, 1.165) is 31.6 Å². The minimum Gasteiger partial charge on any atom is -0.390 e. The molecule has 0 heterocycles. The molecule has 2 heteroatoms. The highest BCUT2D eigenvalue weighted by Crippen LogP contribution is 2.36. The largest absolute Gasteiger partial charge is 0.390 e. The average Bonchev–Trinajstić information content (AvgIpc) is 2.33. The second kappa shape index (κ2) is 5.18. The van der Waals surface area contributed by atoms with Crippen molar-refractivity contribution in [2.24, 2.45) is 5.92 Å². The van der Waals surface area contributed by atoms with Gasteiger partial charge in [-0.15, -0.1) is 0 Å². The zero-order chi connectivity index (χ0) is 12.3. The summed E-state index contributed by atoms with van der Waals surface area (Å²) in [4.78, 5) is 0. The minimum atomic E-state index is -0.687. The molecule has 1 aromatic rings. The fourth-order valence-corrected chi connectivity index (χ4v) is 2.80. The fourth-order valence-electron chi connectivity index (χ4n) is 2.80. The number of rotatable bonds is 3. The maximum absolute atomic E-state index is 13.5. The third-order valence-electron chi connectivity index (χ3n) is 4.09. The lowest BCUT2D eigenvalue weighted by Gasteiger charge is -2.36. The molecule has 0 aromatic heterocycles. The molecule has 1 fully saturated rings. The van der Waals surface area contributed by atoms with Gasteiger partial charge in [0.05, 0.1) is 5.60 Å². The van der Waals surface area contributed by atoms with Crippen LogP contribution in [-0.2, 0) is 6.42 Å². The first kappa shape index (κ1) is 12.6.